The summed E-state index contributed by atoms with van der Waals surface area (Å²) in [6.07, 6.45) is 11.9. The minimum Gasteiger partial charge on any atom is -0.738 e. The third-order valence-electron chi connectivity index (χ3n) is 6.18. The van der Waals surface area contributed by atoms with Gasteiger partial charge in [0.15, 0.2) is 6.10 Å². The summed E-state index contributed by atoms with van der Waals surface area (Å²) in [7, 11) is 0. The number of ether oxygens (including phenoxy) is 1. The van der Waals surface area contributed by atoms with Gasteiger partial charge in [0.05, 0.1) is 11.8 Å². The van der Waals surface area contributed by atoms with Crippen molar-refractivity contribution in [3.05, 3.63) is 22.6 Å². The van der Waals surface area contributed by atoms with Crippen LogP contribution < -0.4 is 0 Å². The van der Waals surface area contributed by atoms with Crippen molar-refractivity contribution in [1.82, 2.24) is 10.8 Å². The number of allylic oxidation sites excluding steroid dienone is 1. The second-order valence-corrected chi connectivity index (χ2v) is 8.98. The Morgan fingerprint density at radius 1 is 1.11 bits per heavy atom. The molecule has 0 aromatic carbocycles. The van der Waals surface area contributed by atoms with Gasteiger partial charge in [0.2, 0.25) is 0 Å². The van der Waals surface area contributed by atoms with Crippen LogP contribution in [0.2, 0.25) is 0 Å². The van der Waals surface area contributed by atoms with Crippen molar-refractivity contribution >= 4 is 11.7 Å². The Morgan fingerprint density at radius 2 is 1.78 bits per heavy atom. The van der Waals surface area contributed by atoms with Crippen LogP contribution in [0.1, 0.15) is 84.0 Å². The molecule has 4 N–H and O–H groups in total. The fourth-order valence-corrected chi connectivity index (χ4v) is 4.30. The topological polar surface area (TPSA) is 191 Å². The molecule has 0 aliphatic heterocycles. The van der Waals surface area contributed by atoms with E-state index in [-0.39, 0.29) is 18.3 Å². The van der Waals surface area contributed by atoms with E-state index in [0.29, 0.717) is 6.42 Å². The number of unbranched alkanes of at least 4 members (excludes halogenated alkanes) is 5. The van der Waals surface area contributed by atoms with Gasteiger partial charge >= 0.3 is 5.97 Å². The SMILES string of the molecule is CCCCC[C@H](O)/C=C/[C@H]1CCC(=NO)[C@@H]1CCCCCCC(=O)OC(CON([O-])O)CON([O-])O. The predicted molar refractivity (Wildman–Crippen MR) is 128 cm³/mol. The van der Waals surface area contributed by atoms with E-state index in [4.69, 9.17) is 15.2 Å². The van der Waals surface area contributed by atoms with Gasteiger partial charge in [-0.15, -0.1) is 10.8 Å². The Hall–Kier alpha value is -1.68. The van der Waals surface area contributed by atoms with E-state index < -0.39 is 42.2 Å². The molecule has 0 radical (unpaired) electrons. The van der Waals surface area contributed by atoms with Crippen LogP contribution in [0.15, 0.2) is 17.3 Å². The third-order valence-corrected chi connectivity index (χ3v) is 6.18. The number of oxime groups is 1. The van der Waals surface area contributed by atoms with Crippen molar-refractivity contribution in [3.63, 3.8) is 0 Å². The molecule has 13 nitrogen and oxygen atoms in total. The molecule has 1 aliphatic carbocycles. The molecule has 0 saturated heterocycles. The summed E-state index contributed by atoms with van der Waals surface area (Å²) >= 11 is 0. The van der Waals surface area contributed by atoms with Crippen molar-refractivity contribution in [1.29, 1.82) is 0 Å². The second-order valence-electron chi connectivity index (χ2n) is 8.98. The van der Waals surface area contributed by atoms with Crippen LogP contribution in [-0.4, -0.2) is 68.6 Å². The molecule has 210 valence electrons. The Balaban J connectivity index is 2.34. The summed E-state index contributed by atoms with van der Waals surface area (Å²) in [6.45, 7) is 0.990. The Labute approximate surface area is 211 Å². The number of hydrogen-bond donors (Lipinski definition) is 4. The van der Waals surface area contributed by atoms with Crippen LogP contribution in [0.25, 0.3) is 0 Å². The minimum atomic E-state index is -1.18. The number of nitrogens with zero attached hydrogens (tertiary/aromatic N) is 3. The Kier molecular flexibility index (Phi) is 17.5. The van der Waals surface area contributed by atoms with Crippen molar-refractivity contribution < 1.29 is 39.9 Å². The van der Waals surface area contributed by atoms with E-state index in [9.17, 15) is 25.5 Å². The molecule has 0 heterocycles. The monoisotopic (exact) mass is 519 g/mol. The lowest BCUT2D eigenvalue weighted by atomic mass is 9.89. The van der Waals surface area contributed by atoms with Gasteiger partial charge in [0.25, 0.3) is 0 Å². The van der Waals surface area contributed by atoms with Crippen molar-refractivity contribution in [2.45, 2.75) is 96.2 Å². The van der Waals surface area contributed by atoms with Gasteiger partial charge in [-0.1, -0.05) is 62.8 Å². The molecule has 1 saturated carbocycles. The van der Waals surface area contributed by atoms with Crippen LogP contribution in [0.3, 0.4) is 0 Å². The van der Waals surface area contributed by atoms with Crippen LogP contribution >= 0.6 is 0 Å². The standard InChI is InChI=1S/C23H41N3O10/c1-2-3-6-9-19(27)14-12-18-13-15-22(24-29)21(18)10-7-4-5-8-11-23(28)36-20(16-34-25(30)31)17-35-26(32)33/h12,14,18-21,27,29-30,32H,2-11,13,15-17H2,1H3/q-2/b14-12+,24-22?/t18-,19-,21+/m0/s1. The van der Waals surface area contributed by atoms with Gasteiger partial charge in [0.1, 0.15) is 13.2 Å². The largest absolute Gasteiger partial charge is 0.738 e. The number of rotatable bonds is 20. The summed E-state index contributed by atoms with van der Waals surface area (Å²) in [5.74, 6) is -0.230. The van der Waals surface area contributed by atoms with Gasteiger partial charge in [-0.25, -0.2) is 0 Å². The molecule has 0 bridgehead atoms. The number of aliphatic hydroxyl groups is 1. The van der Waals surface area contributed by atoms with E-state index in [0.717, 1.165) is 69.9 Å². The summed E-state index contributed by atoms with van der Waals surface area (Å²) in [6, 6.07) is 0. The molecule has 1 rings (SSSR count). The van der Waals surface area contributed by atoms with Crippen LogP contribution in [0, 0.1) is 22.3 Å². The molecular formula is C23H41N3O10-2. The quantitative estimate of drug-likeness (QED) is 0.0598. The molecule has 13 heteroatoms. The Bertz CT molecular complexity index is 636. The van der Waals surface area contributed by atoms with Gasteiger partial charge < -0.3 is 35.9 Å². The first-order valence-electron chi connectivity index (χ1n) is 12.6. The molecule has 0 amide bonds. The third kappa shape index (κ3) is 14.8. The summed E-state index contributed by atoms with van der Waals surface area (Å²) in [5, 5.41) is 59.2. The fourth-order valence-electron chi connectivity index (χ4n) is 4.30. The highest BCUT2D eigenvalue weighted by Gasteiger charge is 2.31. The van der Waals surface area contributed by atoms with E-state index in [1.165, 1.54) is 0 Å². The lowest BCUT2D eigenvalue weighted by molar-refractivity contribution is -0.334. The van der Waals surface area contributed by atoms with E-state index in [1.807, 2.05) is 6.08 Å². The van der Waals surface area contributed by atoms with Gasteiger partial charge in [-0.05, 0) is 38.0 Å². The molecule has 1 fully saturated rings. The summed E-state index contributed by atoms with van der Waals surface area (Å²) in [5.41, 5.74) is 0.795. The van der Waals surface area contributed by atoms with Crippen molar-refractivity contribution in [3.8, 4) is 0 Å². The highest BCUT2D eigenvalue weighted by Crippen LogP contribution is 2.35. The molecule has 1 aliphatic rings. The van der Waals surface area contributed by atoms with Gasteiger partial charge in [-0.3, -0.25) is 14.5 Å². The first kappa shape index (κ1) is 32.3. The average molecular weight is 520 g/mol. The van der Waals surface area contributed by atoms with Crippen molar-refractivity contribution in [2.24, 2.45) is 17.0 Å². The molecular weight excluding hydrogens is 478 g/mol. The van der Waals surface area contributed by atoms with Crippen LogP contribution in [0.5, 0.6) is 0 Å². The number of hydrogen-bond acceptors (Lipinski definition) is 13. The first-order chi connectivity index (χ1) is 17.3. The summed E-state index contributed by atoms with van der Waals surface area (Å²) in [4.78, 5) is 20.5. The van der Waals surface area contributed by atoms with E-state index in [1.54, 1.807) is 0 Å². The highest BCUT2D eigenvalue weighted by atomic mass is 17.1. The molecule has 0 aromatic heterocycles. The maximum absolute atomic E-state index is 12.0. The molecule has 0 aromatic rings. The lowest BCUT2D eigenvalue weighted by Gasteiger charge is -2.25. The van der Waals surface area contributed by atoms with Crippen molar-refractivity contribution in [2.75, 3.05) is 13.2 Å². The van der Waals surface area contributed by atoms with Gasteiger partial charge in [-0.2, -0.15) is 0 Å². The average Bonchev–Trinajstić information content (AvgIpc) is 3.23. The highest BCUT2D eigenvalue weighted by molar-refractivity contribution is 5.88. The Morgan fingerprint density at radius 3 is 2.39 bits per heavy atom. The number of aliphatic hydroxyl groups excluding tert-OH is 1. The second kappa shape index (κ2) is 19.4. The molecule has 0 spiro atoms. The predicted octanol–water partition coefficient (Wildman–Crippen LogP) is 3.83. The van der Waals surface area contributed by atoms with Crippen LogP contribution in [0.4, 0.5) is 0 Å². The summed E-state index contributed by atoms with van der Waals surface area (Å²) < 4.78 is 5.04. The number of carbonyl (C=O) groups excluding carboxylic acids is 1. The smallest absolute Gasteiger partial charge is 0.306 e. The molecule has 3 atom stereocenters. The zero-order valence-corrected chi connectivity index (χ0v) is 20.9. The van der Waals surface area contributed by atoms with Gasteiger partial charge in [0, 0.05) is 12.3 Å². The fraction of sp³-hybridized carbons (Fsp3) is 0.826. The number of carbonyl (C=O) groups is 1. The normalized spacial score (nSPS) is 20.4. The molecule has 0 unspecified atom stereocenters. The zero-order chi connectivity index (χ0) is 26.8. The zero-order valence-electron chi connectivity index (χ0n) is 20.9. The minimum absolute atomic E-state index is 0.0883. The number of esters is 1. The molecule has 36 heavy (non-hydrogen) atoms. The lowest BCUT2D eigenvalue weighted by Crippen LogP contribution is -2.33. The maximum Gasteiger partial charge on any atom is 0.306 e. The van der Waals surface area contributed by atoms with E-state index >= 15 is 0 Å². The first-order valence-corrected chi connectivity index (χ1v) is 12.6. The van der Waals surface area contributed by atoms with Crippen LogP contribution in [-0.2, 0) is 19.2 Å². The maximum atomic E-state index is 12.0. The van der Waals surface area contributed by atoms with E-state index in [2.05, 4.69) is 27.8 Å².